The van der Waals surface area contributed by atoms with Crippen molar-refractivity contribution in [3.8, 4) is 0 Å². The molecule has 0 bridgehead atoms. The van der Waals surface area contributed by atoms with Crippen LogP contribution in [0.25, 0.3) is 0 Å². The first-order valence-electron chi connectivity index (χ1n) is 5.93. The maximum atomic E-state index is 11.3. The van der Waals surface area contributed by atoms with Gasteiger partial charge in [-0.25, -0.2) is 0 Å². The maximum Gasteiger partial charge on any atom is 0.0498 e. The van der Waals surface area contributed by atoms with Gasteiger partial charge in [-0.05, 0) is 37.0 Å². The van der Waals surface area contributed by atoms with Crippen LogP contribution in [0.5, 0.6) is 0 Å². The van der Waals surface area contributed by atoms with Gasteiger partial charge in [0.1, 0.15) is 0 Å². The van der Waals surface area contributed by atoms with Crippen molar-refractivity contribution < 1.29 is 4.21 Å². The van der Waals surface area contributed by atoms with Gasteiger partial charge in [0.15, 0.2) is 0 Å². The van der Waals surface area contributed by atoms with Crippen molar-refractivity contribution in [3.05, 3.63) is 24.3 Å². The van der Waals surface area contributed by atoms with E-state index in [1.807, 2.05) is 24.3 Å². The highest BCUT2D eigenvalue weighted by atomic mass is 32.2. The molecule has 1 saturated carbocycles. The highest BCUT2D eigenvalue weighted by Gasteiger charge is 2.14. The highest BCUT2D eigenvalue weighted by molar-refractivity contribution is 7.84. The lowest BCUT2D eigenvalue weighted by molar-refractivity contribution is 0.580. The van der Waals surface area contributed by atoms with Crippen LogP contribution >= 0.6 is 0 Å². The Hall–Kier alpha value is -0.830. The van der Waals surface area contributed by atoms with Crippen LogP contribution in [0, 0.1) is 5.92 Å². The van der Waals surface area contributed by atoms with Crippen LogP contribution in [0.1, 0.15) is 25.7 Å². The van der Waals surface area contributed by atoms with Gasteiger partial charge >= 0.3 is 0 Å². The van der Waals surface area contributed by atoms with Gasteiger partial charge in [0, 0.05) is 34.2 Å². The first kappa shape index (κ1) is 11.6. The van der Waals surface area contributed by atoms with E-state index in [4.69, 9.17) is 0 Å². The fourth-order valence-corrected chi connectivity index (χ4v) is 2.82. The summed E-state index contributed by atoms with van der Waals surface area (Å²) in [4.78, 5) is 0.899. The molecule has 0 saturated heterocycles. The third-order valence-corrected chi connectivity index (χ3v) is 4.15. The van der Waals surface area contributed by atoms with Crippen LogP contribution in [0.3, 0.4) is 0 Å². The molecule has 1 aromatic rings. The molecule has 1 aliphatic rings. The van der Waals surface area contributed by atoms with Crippen LogP contribution < -0.4 is 5.32 Å². The third kappa shape index (κ3) is 3.08. The van der Waals surface area contributed by atoms with Crippen LogP contribution in [-0.2, 0) is 10.8 Å². The molecule has 2 rings (SSSR count). The lowest BCUT2D eigenvalue weighted by Crippen LogP contribution is -2.10. The summed E-state index contributed by atoms with van der Waals surface area (Å²) in [5.74, 6) is 0.829. The molecule has 88 valence electrons. The fourth-order valence-electron chi connectivity index (χ4n) is 2.26. The number of anilines is 1. The van der Waals surface area contributed by atoms with Gasteiger partial charge in [0.2, 0.25) is 0 Å². The van der Waals surface area contributed by atoms with Gasteiger partial charge in [-0.3, -0.25) is 4.21 Å². The van der Waals surface area contributed by atoms with Gasteiger partial charge < -0.3 is 5.32 Å². The first-order chi connectivity index (χ1) is 7.75. The molecule has 1 fully saturated rings. The fraction of sp³-hybridized carbons (Fsp3) is 0.538. The number of nitrogens with one attached hydrogen (secondary N) is 1. The van der Waals surface area contributed by atoms with Crippen LogP contribution in [-0.4, -0.2) is 17.0 Å². The summed E-state index contributed by atoms with van der Waals surface area (Å²) in [5.41, 5.74) is 1.10. The topological polar surface area (TPSA) is 29.1 Å². The van der Waals surface area contributed by atoms with Crippen LogP contribution in [0.4, 0.5) is 5.69 Å². The zero-order valence-electron chi connectivity index (χ0n) is 9.74. The molecule has 0 radical (unpaired) electrons. The van der Waals surface area contributed by atoms with Crippen molar-refractivity contribution in [1.82, 2.24) is 0 Å². The lowest BCUT2D eigenvalue weighted by Gasteiger charge is -2.12. The average Bonchev–Trinajstić information content (AvgIpc) is 2.79. The lowest BCUT2D eigenvalue weighted by atomic mass is 10.1. The third-order valence-electron chi connectivity index (χ3n) is 3.24. The molecule has 0 aliphatic heterocycles. The Labute approximate surface area is 99.9 Å². The van der Waals surface area contributed by atoms with Crippen molar-refractivity contribution in [3.63, 3.8) is 0 Å². The van der Waals surface area contributed by atoms with E-state index in [0.29, 0.717) is 0 Å². The summed E-state index contributed by atoms with van der Waals surface area (Å²) in [7, 11) is -0.885. The van der Waals surface area contributed by atoms with Gasteiger partial charge in [-0.1, -0.05) is 18.9 Å². The molecule has 1 atom stereocenters. The molecule has 0 heterocycles. The zero-order valence-corrected chi connectivity index (χ0v) is 10.6. The second-order valence-electron chi connectivity index (χ2n) is 4.51. The normalized spacial score (nSPS) is 18.6. The Morgan fingerprint density at radius 1 is 1.38 bits per heavy atom. The molecule has 3 heteroatoms. The molecule has 1 N–H and O–H groups in total. The van der Waals surface area contributed by atoms with Crippen molar-refractivity contribution in [2.24, 2.45) is 5.92 Å². The molecule has 0 amide bonds. The highest BCUT2D eigenvalue weighted by Crippen LogP contribution is 2.25. The van der Waals surface area contributed by atoms with Crippen LogP contribution in [0.2, 0.25) is 0 Å². The molecule has 1 unspecified atom stereocenters. The number of rotatable bonds is 4. The van der Waals surface area contributed by atoms with Crippen molar-refractivity contribution in [1.29, 1.82) is 0 Å². The van der Waals surface area contributed by atoms with Crippen molar-refractivity contribution in [2.75, 3.05) is 18.1 Å². The van der Waals surface area contributed by atoms with Gasteiger partial charge in [-0.15, -0.1) is 0 Å². The van der Waals surface area contributed by atoms with E-state index in [-0.39, 0.29) is 0 Å². The SMILES string of the molecule is CS(=O)c1cccc(NCC2CCCC2)c1. The Kier molecular flexibility index (Phi) is 3.99. The molecular formula is C13H19NOS. The minimum Gasteiger partial charge on any atom is -0.385 e. The van der Waals surface area contributed by atoms with Crippen molar-refractivity contribution >= 4 is 16.5 Å². The van der Waals surface area contributed by atoms with E-state index < -0.39 is 10.8 Å². The first-order valence-corrected chi connectivity index (χ1v) is 7.49. The minimum absolute atomic E-state index is 0.829. The number of hydrogen-bond donors (Lipinski definition) is 1. The Balaban J connectivity index is 1.93. The molecule has 16 heavy (non-hydrogen) atoms. The molecule has 0 aromatic heterocycles. The van der Waals surface area contributed by atoms with E-state index in [9.17, 15) is 4.21 Å². The molecule has 0 spiro atoms. The summed E-state index contributed by atoms with van der Waals surface area (Å²) < 4.78 is 11.3. The standard InChI is InChI=1S/C13H19NOS/c1-16(15)13-8-4-7-12(9-13)14-10-11-5-2-3-6-11/h4,7-9,11,14H,2-3,5-6,10H2,1H3. The van der Waals surface area contributed by atoms with E-state index in [2.05, 4.69) is 5.32 Å². The van der Waals surface area contributed by atoms with E-state index in [1.54, 1.807) is 6.26 Å². The monoisotopic (exact) mass is 237 g/mol. The number of benzene rings is 1. The van der Waals surface area contributed by atoms with E-state index in [1.165, 1.54) is 25.7 Å². The smallest absolute Gasteiger partial charge is 0.0498 e. The molecule has 2 nitrogen and oxygen atoms in total. The number of hydrogen-bond acceptors (Lipinski definition) is 2. The van der Waals surface area contributed by atoms with E-state index >= 15 is 0 Å². The summed E-state index contributed by atoms with van der Waals surface area (Å²) in [6.45, 7) is 1.06. The van der Waals surface area contributed by atoms with Gasteiger partial charge in [0.25, 0.3) is 0 Å². The summed E-state index contributed by atoms with van der Waals surface area (Å²) in [5, 5.41) is 3.45. The van der Waals surface area contributed by atoms with Gasteiger partial charge in [-0.2, -0.15) is 0 Å². The Morgan fingerprint density at radius 2 is 2.12 bits per heavy atom. The maximum absolute atomic E-state index is 11.3. The second kappa shape index (κ2) is 5.48. The molecule has 1 aliphatic carbocycles. The molecule has 1 aromatic carbocycles. The predicted molar refractivity (Wildman–Crippen MR) is 69.2 cm³/mol. The zero-order chi connectivity index (χ0) is 11.4. The molecular weight excluding hydrogens is 218 g/mol. The Morgan fingerprint density at radius 3 is 2.81 bits per heavy atom. The second-order valence-corrected chi connectivity index (χ2v) is 5.89. The van der Waals surface area contributed by atoms with Crippen LogP contribution in [0.15, 0.2) is 29.2 Å². The Bertz CT molecular complexity index is 372. The summed E-state index contributed by atoms with van der Waals surface area (Å²) >= 11 is 0. The van der Waals surface area contributed by atoms with Gasteiger partial charge in [0.05, 0.1) is 0 Å². The predicted octanol–water partition coefficient (Wildman–Crippen LogP) is 3.03. The van der Waals surface area contributed by atoms with Crippen molar-refractivity contribution in [2.45, 2.75) is 30.6 Å². The summed E-state index contributed by atoms with van der Waals surface area (Å²) in [6.07, 6.45) is 7.19. The minimum atomic E-state index is -0.885. The largest absolute Gasteiger partial charge is 0.385 e. The van der Waals surface area contributed by atoms with E-state index in [0.717, 1.165) is 23.0 Å². The quantitative estimate of drug-likeness (QED) is 0.872. The summed E-state index contributed by atoms with van der Waals surface area (Å²) in [6, 6.07) is 7.92. The average molecular weight is 237 g/mol.